The van der Waals surface area contributed by atoms with Crippen molar-refractivity contribution < 1.29 is 14.3 Å². The Balaban J connectivity index is 2.50. The number of hydrogen-bond acceptors (Lipinski definition) is 3. The van der Waals surface area contributed by atoms with Gasteiger partial charge in [-0.15, -0.1) is 0 Å². The van der Waals surface area contributed by atoms with E-state index in [1.165, 1.54) is 7.11 Å². The summed E-state index contributed by atoms with van der Waals surface area (Å²) in [6, 6.07) is 0. The molecule has 0 radical (unpaired) electrons. The van der Waals surface area contributed by atoms with Gasteiger partial charge in [0.25, 0.3) is 0 Å². The predicted octanol–water partition coefficient (Wildman–Crippen LogP) is 1.60. The Bertz CT molecular complexity index is 214. The molecule has 0 N–H and O–H groups in total. The van der Waals surface area contributed by atoms with Gasteiger partial charge in [0.05, 0.1) is 5.92 Å². The van der Waals surface area contributed by atoms with Crippen LogP contribution in [0.5, 0.6) is 0 Å². The minimum atomic E-state index is -0.491. The van der Waals surface area contributed by atoms with Crippen molar-refractivity contribution in [1.82, 2.24) is 0 Å². The second-order valence-electron chi connectivity index (χ2n) is 4.03. The topological polar surface area (TPSA) is 43.4 Å². The highest BCUT2D eigenvalue weighted by atomic mass is 16.5. The summed E-state index contributed by atoms with van der Waals surface area (Å²) in [5.41, 5.74) is 0. The van der Waals surface area contributed by atoms with Gasteiger partial charge in [-0.2, -0.15) is 0 Å². The molecule has 0 amide bonds. The SMILES string of the molecule is COC(C)C(=O)C(C)C(=O)C1CCC1. The quantitative estimate of drug-likeness (QED) is 0.630. The van der Waals surface area contributed by atoms with Gasteiger partial charge < -0.3 is 4.74 Å². The van der Waals surface area contributed by atoms with E-state index in [1.807, 2.05) is 0 Å². The highest BCUT2D eigenvalue weighted by molar-refractivity contribution is 6.04. The van der Waals surface area contributed by atoms with Crippen LogP contribution in [0, 0.1) is 11.8 Å². The van der Waals surface area contributed by atoms with Gasteiger partial charge in [0, 0.05) is 13.0 Å². The smallest absolute Gasteiger partial charge is 0.171 e. The van der Waals surface area contributed by atoms with E-state index in [-0.39, 0.29) is 17.5 Å². The van der Waals surface area contributed by atoms with E-state index < -0.39 is 12.0 Å². The standard InChI is InChI=1S/C11H18O3/c1-7(10(12)8(2)14-3)11(13)9-5-4-6-9/h7-9H,4-6H2,1-3H3. The molecule has 0 bridgehead atoms. The van der Waals surface area contributed by atoms with Gasteiger partial charge in [0.2, 0.25) is 0 Å². The van der Waals surface area contributed by atoms with Crippen LogP contribution in [-0.4, -0.2) is 24.8 Å². The van der Waals surface area contributed by atoms with Gasteiger partial charge >= 0.3 is 0 Å². The molecule has 0 aromatic carbocycles. The van der Waals surface area contributed by atoms with Gasteiger partial charge in [-0.25, -0.2) is 0 Å². The van der Waals surface area contributed by atoms with Crippen LogP contribution in [0.1, 0.15) is 33.1 Å². The molecule has 1 saturated carbocycles. The van der Waals surface area contributed by atoms with Crippen molar-refractivity contribution in [3.05, 3.63) is 0 Å². The van der Waals surface area contributed by atoms with Gasteiger partial charge in [0.15, 0.2) is 5.78 Å². The molecule has 14 heavy (non-hydrogen) atoms. The van der Waals surface area contributed by atoms with Crippen LogP contribution in [0.15, 0.2) is 0 Å². The molecule has 0 heterocycles. The molecule has 0 aromatic heterocycles. The van der Waals surface area contributed by atoms with E-state index in [0.717, 1.165) is 19.3 Å². The highest BCUT2D eigenvalue weighted by Crippen LogP contribution is 2.30. The molecule has 1 aliphatic carbocycles. The third-order valence-corrected chi connectivity index (χ3v) is 3.12. The van der Waals surface area contributed by atoms with Crippen molar-refractivity contribution in [3.63, 3.8) is 0 Å². The van der Waals surface area contributed by atoms with Gasteiger partial charge in [-0.05, 0) is 26.7 Å². The Hall–Kier alpha value is -0.700. The fourth-order valence-electron chi connectivity index (χ4n) is 1.65. The average molecular weight is 198 g/mol. The van der Waals surface area contributed by atoms with E-state index in [0.29, 0.717) is 0 Å². The molecule has 0 spiro atoms. The third-order valence-electron chi connectivity index (χ3n) is 3.12. The molecule has 80 valence electrons. The van der Waals surface area contributed by atoms with Gasteiger partial charge in [-0.1, -0.05) is 6.42 Å². The molecular weight excluding hydrogens is 180 g/mol. The summed E-state index contributed by atoms with van der Waals surface area (Å²) >= 11 is 0. The zero-order valence-corrected chi connectivity index (χ0v) is 9.08. The van der Waals surface area contributed by atoms with Crippen LogP contribution in [0.25, 0.3) is 0 Å². The largest absolute Gasteiger partial charge is 0.374 e. The number of ether oxygens (including phenoxy) is 1. The van der Waals surface area contributed by atoms with Crippen LogP contribution in [0.4, 0.5) is 0 Å². The summed E-state index contributed by atoms with van der Waals surface area (Å²) in [4.78, 5) is 23.3. The lowest BCUT2D eigenvalue weighted by molar-refractivity contribution is -0.140. The molecule has 0 saturated heterocycles. The summed E-state index contributed by atoms with van der Waals surface area (Å²) < 4.78 is 4.91. The van der Waals surface area contributed by atoms with E-state index >= 15 is 0 Å². The van der Waals surface area contributed by atoms with Crippen molar-refractivity contribution in [2.24, 2.45) is 11.8 Å². The van der Waals surface area contributed by atoms with Crippen LogP contribution < -0.4 is 0 Å². The van der Waals surface area contributed by atoms with Gasteiger partial charge in [0.1, 0.15) is 11.9 Å². The first kappa shape index (κ1) is 11.4. The Kier molecular flexibility index (Phi) is 3.81. The first-order valence-electron chi connectivity index (χ1n) is 5.18. The Morgan fingerprint density at radius 2 is 1.86 bits per heavy atom. The van der Waals surface area contributed by atoms with E-state index in [1.54, 1.807) is 13.8 Å². The molecular formula is C11H18O3. The lowest BCUT2D eigenvalue weighted by atomic mass is 9.77. The lowest BCUT2D eigenvalue weighted by Crippen LogP contribution is -2.36. The van der Waals surface area contributed by atoms with E-state index in [4.69, 9.17) is 4.74 Å². The first-order chi connectivity index (χ1) is 6.57. The number of carbonyl (C=O) groups excluding carboxylic acids is 2. The molecule has 0 aromatic rings. The van der Waals surface area contributed by atoms with Crippen molar-refractivity contribution in [2.45, 2.75) is 39.2 Å². The fraction of sp³-hybridized carbons (Fsp3) is 0.818. The zero-order valence-electron chi connectivity index (χ0n) is 9.08. The summed E-state index contributed by atoms with van der Waals surface area (Å²) in [5, 5.41) is 0. The van der Waals surface area contributed by atoms with Gasteiger partial charge in [-0.3, -0.25) is 9.59 Å². The number of hydrogen-bond donors (Lipinski definition) is 0. The molecule has 3 nitrogen and oxygen atoms in total. The van der Waals surface area contributed by atoms with Crippen molar-refractivity contribution >= 4 is 11.6 Å². The second-order valence-corrected chi connectivity index (χ2v) is 4.03. The van der Waals surface area contributed by atoms with Crippen LogP contribution >= 0.6 is 0 Å². The average Bonchev–Trinajstić information content (AvgIpc) is 2.11. The van der Waals surface area contributed by atoms with E-state index in [2.05, 4.69) is 0 Å². The zero-order chi connectivity index (χ0) is 10.7. The minimum Gasteiger partial charge on any atom is -0.374 e. The molecule has 1 aliphatic rings. The number of Topliss-reactive ketones (excluding diaryl/α,β-unsaturated/α-hetero) is 2. The number of methoxy groups -OCH3 is 1. The highest BCUT2D eigenvalue weighted by Gasteiger charge is 2.33. The molecule has 1 rings (SSSR count). The lowest BCUT2D eigenvalue weighted by Gasteiger charge is -2.26. The minimum absolute atomic E-state index is 0.0931. The summed E-state index contributed by atoms with van der Waals surface area (Å²) in [6.07, 6.45) is 2.57. The van der Waals surface area contributed by atoms with Crippen molar-refractivity contribution in [2.75, 3.05) is 7.11 Å². The summed E-state index contributed by atoms with van der Waals surface area (Å²) in [5.74, 6) is -0.345. The fourth-order valence-corrected chi connectivity index (χ4v) is 1.65. The Labute approximate surface area is 84.8 Å². The maximum atomic E-state index is 11.7. The Morgan fingerprint density at radius 1 is 1.29 bits per heavy atom. The van der Waals surface area contributed by atoms with Crippen LogP contribution in [0.3, 0.4) is 0 Å². The molecule has 1 fully saturated rings. The monoisotopic (exact) mass is 198 g/mol. The third kappa shape index (κ3) is 2.21. The summed E-state index contributed by atoms with van der Waals surface area (Å²) in [6.45, 7) is 3.38. The first-order valence-corrected chi connectivity index (χ1v) is 5.18. The molecule has 3 heteroatoms. The predicted molar refractivity (Wildman–Crippen MR) is 53.0 cm³/mol. The summed E-state index contributed by atoms with van der Waals surface area (Å²) in [7, 11) is 1.49. The molecule has 2 unspecified atom stereocenters. The maximum Gasteiger partial charge on any atom is 0.171 e. The normalized spacial score (nSPS) is 21.1. The van der Waals surface area contributed by atoms with Crippen LogP contribution in [-0.2, 0) is 14.3 Å². The van der Waals surface area contributed by atoms with Crippen LogP contribution in [0.2, 0.25) is 0 Å². The number of ketones is 2. The molecule has 2 atom stereocenters. The Morgan fingerprint density at radius 3 is 2.21 bits per heavy atom. The molecule has 0 aliphatic heterocycles. The van der Waals surface area contributed by atoms with E-state index in [9.17, 15) is 9.59 Å². The van der Waals surface area contributed by atoms with Crippen molar-refractivity contribution in [1.29, 1.82) is 0 Å². The number of carbonyl (C=O) groups is 2. The second kappa shape index (κ2) is 4.69. The number of rotatable bonds is 5. The maximum absolute atomic E-state index is 11.7. The van der Waals surface area contributed by atoms with Crippen molar-refractivity contribution in [3.8, 4) is 0 Å².